The topological polar surface area (TPSA) is 50.9 Å². The molecule has 0 aliphatic carbocycles. The van der Waals surface area contributed by atoms with Gasteiger partial charge >= 0.3 is 5.97 Å². The molecule has 0 spiro atoms. The van der Waals surface area contributed by atoms with E-state index in [9.17, 15) is 4.79 Å². The Morgan fingerprint density at radius 2 is 2.17 bits per heavy atom. The van der Waals surface area contributed by atoms with Gasteiger partial charge in [0.1, 0.15) is 5.75 Å². The van der Waals surface area contributed by atoms with Crippen LogP contribution in [0, 0.1) is 0 Å². The molecule has 1 atom stereocenters. The van der Waals surface area contributed by atoms with Crippen molar-refractivity contribution in [2.75, 3.05) is 0 Å². The molecule has 0 bridgehead atoms. The first-order chi connectivity index (χ1) is 11.1. The molecule has 0 radical (unpaired) electrons. The molecule has 4 nitrogen and oxygen atoms in total. The van der Waals surface area contributed by atoms with Crippen LogP contribution in [0.5, 0.6) is 5.75 Å². The smallest absolute Gasteiger partial charge is 0.309 e. The summed E-state index contributed by atoms with van der Waals surface area (Å²) in [5, 5.41) is 10.9. The van der Waals surface area contributed by atoms with E-state index in [1.165, 1.54) is 0 Å². The van der Waals surface area contributed by atoms with Crippen molar-refractivity contribution in [2.24, 2.45) is 0 Å². The predicted molar refractivity (Wildman–Crippen MR) is 92.4 cm³/mol. The van der Waals surface area contributed by atoms with Crippen molar-refractivity contribution in [1.29, 1.82) is 0 Å². The molecule has 5 heteroatoms. The quantitative estimate of drug-likeness (QED) is 0.726. The minimum atomic E-state index is -0.816. The van der Waals surface area contributed by atoms with Gasteiger partial charge in [0.15, 0.2) is 0 Å². The summed E-state index contributed by atoms with van der Waals surface area (Å²) in [6.07, 6.45) is 3.17. The third kappa shape index (κ3) is 3.40. The Morgan fingerprint density at radius 1 is 1.35 bits per heavy atom. The molecule has 3 aromatic rings. The van der Waals surface area contributed by atoms with Crippen LogP contribution in [-0.4, -0.2) is 21.6 Å². The molecule has 0 amide bonds. The number of thiazole rings is 1. The van der Waals surface area contributed by atoms with Crippen molar-refractivity contribution in [1.82, 2.24) is 4.40 Å². The number of hydrogen-bond acceptors (Lipinski definition) is 3. The number of carbonyl (C=O) groups is 1. The van der Waals surface area contributed by atoms with Gasteiger partial charge in [0.25, 0.3) is 0 Å². The number of rotatable bonds is 6. The van der Waals surface area contributed by atoms with Gasteiger partial charge in [0.05, 0.1) is 17.4 Å². The summed E-state index contributed by atoms with van der Waals surface area (Å²) in [6, 6.07) is 10.1. The summed E-state index contributed by atoms with van der Waals surface area (Å²) in [5.74, 6) is 0.0427. The van der Waals surface area contributed by atoms with Gasteiger partial charge in [-0.1, -0.05) is 19.1 Å². The van der Waals surface area contributed by atoms with Gasteiger partial charge in [-0.15, -0.1) is 11.3 Å². The number of fused-ring (bicyclic) bond motifs is 1. The van der Waals surface area contributed by atoms with Gasteiger partial charge in [-0.05, 0) is 37.1 Å². The minimum Gasteiger partial charge on any atom is -0.491 e. The molecule has 2 heterocycles. The van der Waals surface area contributed by atoms with Gasteiger partial charge in [-0.2, -0.15) is 0 Å². The van der Waals surface area contributed by atoms with E-state index >= 15 is 0 Å². The Morgan fingerprint density at radius 3 is 2.91 bits per heavy atom. The van der Waals surface area contributed by atoms with Crippen LogP contribution in [-0.2, 0) is 11.2 Å². The first kappa shape index (κ1) is 15.6. The van der Waals surface area contributed by atoms with E-state index in [0.29, 0.717) is 0 Å². The van der Waals surface area contributed by atoms with Gasteiger partial charge in [-0.25, -0.2) is 0 Å². The average Bonchev–Trinajstić information content (AvgIpc) is 3.09. The summed E-state index contributed by atoms with van der Waals surface area (Å²) in [4.78, 5) is 12.0. The number of carboxylic acid groups (broad SMARTS) is 1. The third-order valence-electron chi connectivity index (χ3n) is 3.82. The van der Waals surface area contributed by atoms with E-state index in [1.807, 2.05) is 40.2 Å². The second-order valence-electron chi connectivity index (χ2n) is 5.60. The Labute approximate surface area is 139 Å². The summed E-state index contributed by atoms with van der Waals surface area (Å²) in [5.41, 5.74) is 2.94. The van der Waals surface area contributed by atoms with Crippen LogP contribution in [0.25, 0.3) is 16.0 Å². The zero-order chi connectivity index (χ0) is 16.4. The summed E-state index contributed by atoms with van der Waals surface area (Å²) in [7, 11) is 0. The molecule has 23 heavy (non-hydrogen) atoms. The first-order valence-corrected chi connectivity index (χ1v) is 8.52. The van der Waals surface area contributed by atoms with E-state index in [1.54, 1.807) is 11.3 Å². The highest BCUT2D eigenvalue weighted by Gasteiger charge is 2.11. The molecule has 3 rings (SSSR count). The number of ether oxygens (including phenoxy) is 1. The summed E-state index contributed by atoms with van der Waals surface area (Å²) in [6.45, 7) is 4.15. The van der Waals surface area contributed by atoms with Crippen LogP contribution in [0.4, 0.5) is 0 Å². The van der Waals surface area contributed by atoms with Crippen LogP contribution in [0.2, 0.25) is 0 Å². The fourth-order valence-corrected chi connectivity index (χ4v) is 3.38. The first-order valence-electron chi connectivity index (χ1n) is 7.64. The Hall–Kier alpha value is -2.27. The van der Waals surface area contributed by atoms with Crippen LogP contribution < -0.4 is 4.74 Å². The molecular weight excluding hydrogens is 310 g/mol. The molecule has 1 aromatic carbocycles. The van der Waals surface area contributed by atoms with Crippen molar-refractivity contribution in [2.45, 2.75) is 32.8 Å². The number of carboxylic acids is 1. The molecule has 1 unspecified atom stereocenters. The van der Waals surface area contributed by atoms with E-state index < -0.39 is 5.97 Å². The SMILES string of the molecule is CCC(C)Oc1cccc(-c2cc3scc(CC(=O)O)n3c2)c1. The highest BCUT2D eigenvalue weighted by molar-refractivity contribution is 7.15. The summed E-state index contributed by atoms with van der Waals surface area (Å²) >= 11 is 1.56. The lowest BCUT2D eigenvalue weighted by Crippen LogP contribution is -2.09. The molecule has 0 aliphatic rings. The Balaban J connectivity index is 1.92. The van der Waals surface area contributed by atoms with Gasteiger partial charge < -0.3 is 14.2 Å². The lowest BCUT2D eigenvalue weighted by molar-refractivity contribution is -0.136. The minimum absolute atomic E-state index is 0.0330. The van der Waals surface area contributed by atoms with Gasteiger partial charge in [0, 0.05) is 22.8 Å². The number of aliphatic carboxylic acids is 1. The van der Waals surface area contributed by atoms with Crippen molar-refractivity contribution >= 4 is 22.1 Å². The van der Waals surface area contributed by atoms with Crippen LogP contribution in [0.1, 0.15) is 26.0 Å². The Bertz CT molecular complexity index is 834. The van der Waals surface area contributed by atoms with Gasteiger partial charge in [0.2, 0.25) is 0 Å². The van der Waals surface area contributed by atoms with Crippen molar-refractivity contribution in [3.63, 3.8) is 0 Å². The van der Waals surface area contributed by atoms with Crippen LogP contribution in [0.15, 0.2) is 41.9 Å². The zero-order valence-electron chi connectivity index (χ0n) is 13.2. The van der Waals surface area contributed by atoms with E-state index in [4.69, 9.17) is 9.84 Å². The predicted octanol–water partition coefficient (Wildman–Crippen LogP) is 4.47. The Kier molecular flexibility index (Phi) is 4.39. The molecule has 2 aromatic heterocycles. The van der Waals surface area contributed by atoms with Crippen molar-refractivity contribution < 1.29 is 14.6 Å². The second-order valence-corrected chi connectivity index (χ2v) is 6.49. The lowest BCUT2D eigenvalue weighted by Gasteiger charge is -2.13. The molecule has 0 saturated heterocycles. The number of hydrogen-bond donors (Lipinski definition) is 1. The maximum atomic E-state index is 10.9. The molecule has 1 N–H and O–H groups in total. The monoisotopic (exact) mass is 329 g/mol. The second kappa shape index (κ2) is 6.46. The number of nitrogens with zero attached hydrogens (tertiary/aromatic N) is 1. The van der Waals surface area contributed by atoms with Crippen molar-refractivity contribution in [3.05, 3.63) is 47.6 Å². The fraction of sp³-hybridized carbons (Fsp3) is 0.278. The normalized spacial score (nSPS) is 12.4. The maximum absolute atomic E-state index is 10.9. The van der Waals surface area contributed by atoms with E-state index in [0.717, 1.165) is 33.8 Å². The standard InChI is InChI=1S/C18H19NO3S/c1-3-12(2)22-16-6-4-5-13(7-16)14-8-17-19(10-14)15(11-23-17)9-18(20)21/h4-8,10-12H,3,9H2,1-2H3,(H,20,21). The fourth-order valence-electron chi connectivity index (χ4n) is 2.45. The largest absolute Gasteiger partial charge is 0.491 e. The van der Waals surface area contributed by atoms with E-state index in [2.05, 4.69) is 19.9 Å². The van der Waals surface area contributed by atoms with Crippen LogP contribution in [0.3, 0.4) is 0 Å². The number of benzene rings is 1. The van der Waals surface area contributed by atoms with Gasteiger partial charge in [-0.3, -0.25) is 4.79 Å². The third-order valence-corrected chi connectivity index (χ3v) is 4.77. The lowest BCUT2D eigenvalue weighted by atomic mass is 10.1. The molecule has 0 aliphatic heterocycles. The highest BCUT2D eigenvalue weighted by atomic mass is 32.1. The van der Waals surface area contributed by atoms with Crippen molar-refractivity contribution in [3.8, 4) is 16.9 Å². The molecular formula is C18H19NO3S. The highest BCUT2D eigenvalue weighted by Crippen LogP contribution is 2.29. The molecule has 120 valence electrons. The molecule has 0 fully saturated rings. The molecule has 0 saturated carbocycles. The average molecular weight is 329 g/mol. The maximum Gasteiger partial charge on any atom is 0.309 e. The zero-order valence-corrected chi connectivity index (χ0v) is 14.0. The van der Waals surface area contributed by atoms with E-state index in [-0.39, 0.29) is 12.5 Å². The number of aromatic nitrogens is 1. The summed E-state index contributed by atoms with van der Waals surface area (Å²) < 4.78 is 7.83. The van der Waals surface area contributed by atoms with Crippen LogP contribution >= 0.6 is 11.3 Å².